The average molecular weight is 294 g/mol. The minimum absolute atomic E-state index is 0.0471. The molecule has 20 heavy (non-hydrogen) atoms. The highest BCUT2D eigenvalue weighted by Gasteiger charge is 2.14. The zero-order chi connectivity index (χ0) is 14.5. The minimum Gasteiger partial charge on any atom is -0.494 e. The Kier molecular flexibility index (Phi) is 4.42. The maximum atomic E-state index is 11.1. The van der Waals surface area contributed by atoms with Gasteiger partial charge >= 0.3 is 5.97 Å². The molecule has 0 fully saturated rings. The first-order valence-corrected chi connectivity index (χ1v) is 6.28. The summed E-state index contributed by atoms with van der Waals surface area (Å²) in [6.07, 6.45) is 0. The average Bonchev–Trinajstić information content (AvgIpc) is 2.41. The number of carboxylic acids is 1. The number of ether oxygens (including phenoxy) is 2. The Bertz CT molecular complexity index is 613. The Labute approximate surface area is 120 Å². The second-order valence-corrected chi connectivity index (χ2v) is 4.19. The van der Waals surface area contributed by atoms with Gasteiger partial charge in [0.15, 0.2) is 0 Å². The topological polar surface area (TPSA) is 68.7 Å². The predicted molar refractivity (Wildman–Crippen MR) is 73.9 cm³/mol. The fraction of sp³-hybridized carbons (Fsp3) is 0.143. The van der Waals surface area contributed by atoms with Gasteiger partial charge < -0.3 is 14.6 Å². The van der Waals surface area contributed by atoms with Crippen molar-refractivity contribution in [1.29, 1.82) is 0 Å². The molecule has 0 atom stereocenters. The van der Waals surface area contributed by atoms with E-state index in [9.17, 15) is 4.79 Å². The van der Waals surface area contributed by atoms with E-state index < -0.39 is 5.97 Å². The van der Waals surface area contributed by atoms with Crippen LogP contribution >= 0.6 is 11.6 Å². The summed E-state index contributed by atoms with van der Waals surface area (Å²) < 4.78 is 10.8. The summed E-state index contributed by atoms with van der Waals surface area (Å²) in [6, 6.07) is 9.53. The first kappa shape index (κ1) is 14.1. The molecule has 0 aliphatic heterocycles. The summed E-state index contributed by atoms with van der Waals surface area (Å²) in [6.45, 7) is 2.46. The van der Waals surface area contributed by atoms with E-state index >= 15 is 0 Å². The van der Waals surface area contributed by atoms with Crippen molar-refractivity contribution in [2.24, 2.45) is 0 Å². The normalized spacial score (nSPS) is 10.1. The van der Waals surface area contributed by atoms with Gasteiger partial charge in [-0.2, -0.15) is 0 Å². The highest BCUT2D eigenvalue weighted by atomic mass is 35.5. The number of aromatic carboxylic acids is 1. The van der Waals surface area contributed by atoms with Crippen molar-refractivity contribution in [1.82, 2.24) is 4.98 Å². The van der Waals surface area contributed by atoms with E-state index in [2.05, 4.69) is 4.98 Å². The molecule has 0 unspecified atom stereocenters. The summed E-state index contributed by atoms with van der Waals surface area (Å²) in [5, 5.41) is 9.23. The van der Waals surface area contributed by atoms with E-state index in [1.807, 2.05) is 6.92 Å². The van der Waals surface area contributed by atoms with E-state index in [0.717, 1.165) is 0 Å². The zero-order valence-corrected chi connectivity index (χ0v) is 11.4. The molecule has 0 radical (unpaired) electrons. The Morgan fingerprint density at radius 3 is 2.45 bits per heavy atom. The fourth-order valence-corrected chi connectivity index (χ4v) is 1.68. The van der Waals surface area contributed by atoms with Gasteiger partial charge in [-0.15, -0.1) is 0 Å². The third-order valence-corrected chi connectivity index (χ3v) is 2.62. The lowest BCUT2D eigenvalue weighted by Gasteiger charge is -2.09. The molecule has 104 valence electrons. The molecule has 1 heterocycles. The number of aromatic nitrogens is 1. The summed E-state index contributed by atoms with van der Waals surface area (Å²) in [5.74, 6) is -0.0210. The number of rotatable bonds is 5. The lowest BCUT2D eigenvalue weighted by atomic mass is 10.2. The van der Waals surface area contributed by atoms with E-state index in [1.165, 1.54) is 12.1 Å². The van der Waals surface area contributed by atoms with Gasteiger partial charge in [0.25, 0.3) is 0 Å². The Balaban J connectivity index is 2.25. The number of nitrogens with zero attached hydrogens (tertiary/aromatic N) is 1. The standard InChI is InChI=1S/C14H12ClNO4/c1-2-19-9-3-5-10(6-4-9)20-13-11(14(17)18)7-8-12(15)16-13/h3-8H,2H2,1H3,(H,17,18). The molecule has 0 amide bonds. The molecule has 1 aromatic carbocycles. The Morgan fingerprint density at radius 2 is 1.85 bits per heavy atom. The van der Waals surface area contributed by atoms with Crippen molar-refractivity contribution in [2.45, 2.75) is 6.92 Å². The molecule has 0 saturated heterocycles. The van der Waals surface area contributed by atoms with Crippen LogP contribution in [0.2, 0.25) is 5.15 Å². The van der Waals surface area contributed by atoms with Crippen molar-refractivity contribution >= 4 is 17.6 Å². The Hall–Kier alpha value is -2.27. The highest BCUT2D eigenvalue weighted by molar-refractivity contribution is 6.29. The van der Waals surface area contributed by atoms with Crippen LogP contribution in [-0.4, -0.2) is 22.7 Å². The highest BCUT2D eigenvalue weighted by Crippen LogP contribution is 2.26. The quantitative estimate of drug-likeness (QED) is 0.853. The second-order valence-electron chi connectivity index (χ2n) is 3.80. The van der Waals surface area contributed by atoms with E-state index in [1.54, 1.807) is 24.3 Å². The second kappa shape index (κ2) is 6.25. The van der Waals surface area contributed by atoms with Gasteiger partial charge in [-0.05, 0) is 43.3 Å². The molecular formula is C14H12ClNO4. The van der Waals surface area contributed by atoms with Gasteiger partial charge in [-0.25, -0.2) is 9.78 Å². The van der Waals surface area contributed by atoms with Crippen molar-refractivity contribution in [3.05, 3.63) is 47.1 Å². The SMILES string of the molecule is CCOc1ccc(Oc2nc(Cl)ccc2C(=O)O)cc1. The third-order valence-electron chi connectivity index (χ3n) is 2.41. The largest absolute Gasteiger partial charge is 0.494 e. The fourth-order valence-electron chi connectivity index (χ4n) is 1.54. The lowest BCUT2D eigenvalue weighted by Crippen LogP contribution is -2.02. The van der Waals surface area contributed by atoms with Crippen LogP contribution in [0.1, 0.15) is 17.3 Å². The molecule has 5 nitrogen and oxygen atoms in total. The molecule has 1 aromatic heterocycles. The lowest BCUT2D eigenvalue weighted by molar-refractivity contribution is 0.0693. The molecular weight excluding hydrogens is 282 g/mol. The van der Waals surface area contributed by atoms with Gasteiger partial charge in [0, 0.05) is 0 Å². The number of benzene rings is 1. The summed E-state index contributed by atoms with van der Waals surface area (Å²) in [5.41, 5.74) is -0.0525. The number of hydrogen-bond donors (Lipinski definition) is 1. The molecule has 0 bridgehead atoms. The van der Waals surface area contributed by atoms with Crippen LogP contribution in [0.15, 0.2) is 36.4 Å². The summed E-state index contributed by atoms with van der Waals surface area (Å²) in [7, 11) is 0. The molecule has 2 aromatic rings. The van der Waals surface area contributed by atoms with Gasteiger partial charge in [-0.1, -0.05) is 11.6 Å². The molecule has 6 heteroatoms. The van der Waals surface area contributed by atoms with Crippen LogP contribution in [0.3, 0.4) is 0 Å². The van der Waals surface area contributed by atoms with Crippen molar-refractivity contribution in [3.63, 3.8) is 0 Å². The van der Waals surface area contributed by atoms with Crippen LogP contribution in [0.25, 0.3) is 0 Å². The first-order valence-electron chi connectivity index (χ1n) is 5.90. The number of carboxylic acid groups (broad SMARTS) is 1. The van der Waals surface area contributed by atoms with Crippen LogP contribution in [0.5, 0.6) is 17.4 Å². The number of hydrogen-bond acceptors (Lipinski definition) is 4. The molecule has 0 aliphatic rings. The predicted octanol–water partition coefficient (Wildman–Crippen LogP) is 3.62. The van der Waals surface area contributed by atoms with Crippen molar-refractivity contribution in [3.8, 4) is 17.4 Å². The van der Waals surface area contributed by atoms with E-state index in [0.29, 0.717) is 18.1 Å². The number of halogens is 1. The molecule has 0 aliphatic carbocycles. The van der Waals surface area contributed by atoms with Crippen LogP contribution < -0.4 is 9.47 Å². The Morgan fingerprint density at radius 1 is 1.20 bits per heavy atom. The smallest absolute Gasteiger partial charge is 0.341 e. The van der Waals surface area contributed by atoms with Crippen LogP contribution in [0, 0.1) is 0 Å². The van der Waals surface area contributed by atoms with Crippen LogP contribution in [0.4, 0.5) is 0 Å². The monoisotopic (exact) mass is 293 g/mol. The van der Waals surface area contributed by atoms with Gasteiger partial charge in [0.1, 0.15) is 22.2 Å². The number of pyridine rings is 1. The number of carbonyl (C=O) groups is 1. The van der Waals surface area contributed by atoms with Gasteiger partial charge in [0.05, 0.1) is 6.61 Å². The maximum absolute atomic E-state index is 11.1. The summed E-state index contributed by atoms with van der Waals surface area (Å²) >= 11 is 5.75. The van der Waals surface area contributed by atoms with Crippen molar-refractivity contribution < 1.29 is 19.4 Å². The molecule has 0 spiro atoms. The van der Waals surface area contributed by atoms with E-state index in [4.69, 9.17) is 26.2 Å². The first-order chi connectivity index (χ1) is 9.60. The van der Waals surface area contributed by atoms with Gasteiger partial charge in [0.2, 0.25) is 5.88 Å². The van der Waals surface area contributed by atoms with Crippen LogP contribution in [-0.2, 0) is 0 Å². The molecule has 0 saturated carbocycles. The third kappa shape index (κ3) is 3.39. The zero-order valence-electron chi connectivity index (χ0n) is 10.7. The van der Waals surface area contributed by atoms with Gasteiger partial charge in [-0.3, -0.25) is 0 Å². The molecule has 1 N–H and O–H groups in total. The minimum atomic E-state index is -1.13. The summed E-state index contributed by atoms with van der Waals surface area (Å²) in [4.78, 5) is 15.0. The molecule has 2 rings (SSSR count). The van der Waals surface area contributed by atoms with Crippen molar-refractivity contribution in [2.75, 3.05) is 6.61 Å². The maximum Gasteiger partial charge on any atom is 0.341 e. The van der Waals surface area contributed by atoms with E-state index in [-0.39, 0.29) is 16.6 Å².